The third kappa shape index (κ3) is 4.85. The van der Waals surface area contributed by atoms with Crippen molar-refractivity contribution in [2.45, 2.75) is 102 Å². The molecular formula is C28H38N4O4. The second-order valence-corrected chi connectivity index (χ2v) is 11.2. The van der Waals surface area contributed by atoms with Gasteiger partial charge in [0.25, 0.3) is 11.8 Å². The van der Waals surface area contributed by atoms with Gasteiger partial charge in [0.05, 0.1) is 36.3 Å². The average molecular weight is 495 g/mol. The molecule has 194 valence electrons. The Balaban J connectivity index is 1.24. The first kappa shape index (κ1) is 25.1. The van der Waals surface area contributed by atoms with Gasteiger partial charge in [-0.25, -0.2) is 9.80 Å². The molecule has 8 heteroatoms. The van der Waals surface area contributed by atoms with Crippen LogP contribution in [-0.4, -0.2) is 47.8 Å². The Kier molecular flexibility index (Phi) is 7.26. The maximum atomic E-state index is 13.1. The minimum atomic E-state index is -0.501. The predicted octanol–water partition coefficient (Wildman–Crippen LogP) is 3.29. The summed E-state index contributed by atoms with van der Waals surface area (Å²) in [7, 11) is 0. The topological polar surface area (TPSA) is 98.8 Å². The number of benzene rings is 1. The fourth-order valence-corrected chi connectivity index (χ4v) is 6.46. The van der Waals surface area contributed by atoms with Gasteiger partial charge in [0.15, 0.2) is 0 Å². The van der Waals surface area contributed by atoms with Gasteiger partial charge in [-0.15, -0.1) is 0 Å². The minimum absolute atomic E-state index is 0.153. The van der Waals surface area contributed by atoms with Crippen LogP contribution in [0.3, 0.4) is 0 Å². The normalized spacial score (nSPS) is 33.6. The number of nitrogens with zero attached hydrogens (tertiary/aromatic N) is 2. The van der Waals surface area contributed by atoms with E-state index in [1.807, 2.05) is 0 Å². The number of rotatable bonds is 6. The van der Waals surface area contributed by atoms with E-state index in [2.05, 4.69) is 24.5 Å². The highest BCUT2D eigenvalue weighted by molar-refractivity contribution is 6.24. The molecule has 0 radical (unpaired) electrons. The van der Waals surface area contributed by atoms with Crippen molar-refractivity contribution in [3.8, 4) is 0 Å². The predicted molar refractivity (Wildman–Crippen MR) is 137 cm³/mol. The van der Waals surface area contributed by atoms with E-state index in [4.69, 9.17) is 0 Å². The first-order valence-electron chi connectivity index (χ1n) is 13.7. The average Bonchev–Trinajstić information content (AvgIpc) is 3.30. The van der Waals surface area contributed by atoms with Crippen LogP contribution in [-0.2, 0) is 19.2 Å². The summed E-state index contributed by atoms with van der Waals surface area (Å²) in [6.45, 7) is 4.40. The fourth-order valence-electron chi connectivity index (χ4n) is 6.46. The molecule has 6 atom stereocenters. The first-order chi connectivity index (χ1) is 17.3. The summed E-state index contributed by atoms with van der Waals surface area (Å²) in [6.07, 6.45) is 9.37. The molecule has 0 unspecified atom stereocenters. The highest BCUT2D eigenvalue weighted by Gasteiger charge is 2.43. The number of anilines is 2. The molecule has 4 aliphatic rings. The van der Waals surface area contributed by atoms with E-state index < -0.39 is 12.1 Å². The first-order valence-corrected chi connectivity index (χ1v) is 13.7. The van der Waals surface area contributed by atoms with Crippen molar-refractivity contribution in [1.82, 2.24) is 10.6 Å². The third-order valence-corrected chi connectivity index (χ3v) is 8.71. The summed E-state index contributed by atoms with van der Waals surface area (Å²) in [4.78, 5) is 54.2. The van der Waals surface area contributed by atoms with Gasteiger partial charge in [-0.1, -0.05) is 39.5 Å². The lowest BCUT2D eigenvalue weighted by molar-refractivity contribution is -0.123. The lowest BCUT2D eigenvalue weighted by Crippen LogP contribution is -2.47. The number of hydrogen-bond acceptors (Lipinski definition) is 6. The van der Waals surface area contributed by atoms with E-state index >= 15 is 0 Å². The van der Waals surface area contributed by atoms with E-state index in [-0.39, 0.29) is 48.6 Å². The number of amides is 4. The zero-order chi connectivity index (χ0) is 25.4. The molecule has 8 nitrogen and oxygen atoms in total. The summed E-state index contributed by atoms with van der Waals surface area (Å²) < 4.78 is 0. The Morgan fingerprint density at radius 2 is 0.972 bits per heavy atom. The standard InChI is InChI=1S/C28H38N4O4/c1-17-7-3-5-9-21(17)29-23-15-25(33)31(27(23)35)19-11-13-20(14-12-19)32-26(34)16-24(28(32)36)30-22-10-6-4-8-18(22)2/h11-14,17-18,21-24,29-30H,3-10,15-16H2,1-2H3/t17-,18-,21+,22+,23-,24+/m0/s1. The summed E-state index contributed by atoms with van der Waals surface area (Å²) in [6, 6.07) is 6.13. The second-order valence-electron chi connectivity index (χ2n) is 11.2. The van der Waals surface area contributed by atoms with Crippen LogP contribution in [0.5, 0.6) is 0 Å². The van der Waals surface area contributed by atoms with Crippen molar-refractivity contribution in [3.63, 3.8) is 0 Å². The Morgan fingerprint density at radius 1 is 0.611 bits per heavy atom. The van der Waals surface area contributed by atoms with Crippen molar-refractivity contribution in [2.24, 2.45) is 11.8 Å². The van der Waals surface area contributed by atoms with Gasteiger partial charge in [0.2, 0.25) is 11.8 Å². The smallest absolute Gasteiger partial charge is 0.251 e. The van der Waals surface area contributed by atoms with E-state index in [1.165, 1.54) is 22.6 Å². The molecule has 0 bridgehead atoms. The van der Waals surface area contributed by atoms with Crippen LogP contribution < -0.4 is 20.4 Å². The highest BCUT2D eigenvalue weighted by Crippen LogP contribution is 2.31. The maximum absolute atomic E-state index is 13.1. The molecular weight excluding hydrogens is 456 g/mol. The van der Waals surface area contributed by atoms with Crippen LogP contribution >= 0.6 is 0 Å². The van der Waals surface area contributed by atoms with Crippen LogP contribution in [0.4, 0.5) is 11.4 Å². The Bertz CT molecular complexity index is 944. The summed E-state index contributed by atoms with van der Waals surface area (Å²) in [5.41, 5.74) is 0.944. The summed E-state index contributed by atoms with van der Waals surface area (Å²) in [5, 5.41) is 6.88. The Hall–Kier alpha value is -2.58. The van der Waals surface area contributed by atoms with Gasteiger partial charge < -0.3 is 10.6 Å². The van der Waals surface area contributed by atoms with E-state index in [0.717, 1.165) is 38.5 Å². The molecule has 2 heterocycles. The van der Waals surface area contributed by atoms with Gasteiger partial charge >= 0.3 is 0 Å². The molecule has 2 saturated heterocycles. The maximum Gasteiger partial charge on any atom is 0.251 e. The van der Waals surface area contributed by atoms with E-state index in [1.54, 1.807) is 24.3 Å². The fraction of sp³-hybridized carbons (Fsp3) is 0.643. The molecule has 2 aliphatic carbocycles. The second kappa shape index (κ2) is 10.4. The summed E-state index contributed by atoms with van der Waals surface area (Å²) in [5.74, 6) is 0.0607. The van der Waals surface area contributed by atoms with Crippen molar-refractivity contribution in [1.29, 1.82) is 0 Å². The van der Waals surface area contributed by atoms with Crippen LogP contribution in [0.15, 0.2) is 24.3 Å². The zero-order valence-corrected chi connectivity index (χ0v) is 21.4. The van der Waals surface area contributed by atoms with Crippen LogP contribution in [0, 0.1) is 11.8 Å². The molecule has 1 aromatic rings. The number of hydrogen-bond donors (Lipinski definition) is 2. The largest absolute Gasteiger partial charge is 0.302 e. The van der Waals surface area contributed by atoms with Crippen molar-refractivity contribution >= 4 is 35.0 Å². The van der Waals surface area contributed by atoms with Gasteiger partial charge in [-0.2, -0.15) is 0 Å². The molecule has 4 fully saturated rings. The van der Waals surface area contributed by atoms with Crippen LogP contribution in [0.25, 0.3) is 0 Å². The molecule has 1 aromatic carbocycles. The van der Waals surface area contributed by atoms with Gasteiger partial charge in [-0.05, 0) is 61.8 Å². The third-order valence-electron chi connectivity index (χ3n) is 8.71. The molecule has 36 heavy (non-hydrogen) atoms. The summed E-state index contributed by atoms with van der Waals surface area (Å²) >= 11 is 0. The van der Waals surface area contributed by atoms with Gasteiger partial charge in [0.1, 0.15) is 0 Å². The van der Waals surface area contributed by atoms with Crippen molar-refractivity contribution in [3.05, 3.63) is 24.3 Å². The molecule has 0 aromatic heterocycles. The Labute approximate surface area is 213 Å². The molecule has 2 saturated carbocycles. The molecule has 5 rings (SSSR count). The SMILES string of the molecule is C[C@H]1CCCC[C@H]1N[C@H]1CC(=O)N(c2ccc(N3C(=O)C[C@@H](N[C@@H]4CCCC[C@@H]4C)C3=O)cc2)C1=O. The Morgan fingerprint density at radius 3 is 1.33 bits per heavy atom. The van der Waals surface area contributed by atoms with Crippen LogP contribution in [0.2, 0.25) is 0 Å². The zero-order valence-electron chi connectivity index (χ0n) is 21.4. The van der Waals surface area contributed by atoms with E-state index in [0.29, 0.717) is 23.2 Å². The number of imide groups is 2. The van der Waals surface area contributed by atoms with Crippen molar-refractivity contribution < 1.29 is 19.2 Å². The number of carbonyl (C=O) groups excluding carboxylic acids is 4. The highest BCUT2D eigenvalue weighted by atomic mass is 16.2. The molecule has 2 aliphatic heterocycles. The minimum Gasteiger partial charge on any atom is -0.302 e. The van der Waals surface area contributed by atoms with Crippen molar-refractivity contribution in [2.75, 3.05) is 9.80 Å². The number of nitrogens with one attached hydrogen (secondary N) is 2. The number of carbonyl (C=O) groups is 4. The lowest BCUT2D eigenvalue weighted by Gasteiger charge is -2.31. The van der Waals surface area contributed by atoms with Gasteiger partial charge in [0, 0.05) is 12.1 Å². The quantitative estimate of drug-likeness (QED) is 0.589. The van der Waals surface area contributed by atoms with E-state index in [9.17, 15) is 19.2 Å². The van der Waals surface area contributed by atoms with Crippen LogP contribution in [0.1, 0.15) is 78.1 Å². The van der Waals surface area contributed by atoms with Gasteiger partial charge in [-0.3, -0.25) is 19.2 Å². The lowest BCUT2D eigenvalue weighted by atomic mass is 9.85. The molecule has 0 spiro atoms. The molecule has 2 N–H and O–H groups in total. The monoisotopic (exact) mass is 494 g/mol. The molecule has 4 amide bonds.